The molecule has 1 aliphatic heterocycles. The highest BCUT2D eigenvalue weighted by atomic mass is 16.5. The summed E-state index contributed by atoms with van der Waals surface area (Å²) in [6.45, 7) is 2.65. The molecule has 1 aromatic carbocycles. The topological polar surface area (TPSA) is 56.3 Å². The number of fused-ring (bicyclic) bond motifs is 1. The van der Waals surface area contributed by atoms with Crippen LogP contribution in [0.4, 0.5) is 11.4 Å². The number of ether oxygens (including phenoxy) is 1. The summed E-state index contributed by atoms with van der Waals surface area (Å²) < 4.78 is 7.43. The Morgan fingerprint density at radius 3 is 3.06 bits per heavy atom. The minimum Gasteiger partial charge on any atom is -0.497 e. The normalized spacial score (nSPS) is 14.4. The van der Waals surface area contributed by atoms with Crippen LogP contribution < -0.4 is 15.4 Å². The van der Waals surface area contributed by atoms with Crippen molar-refractivity contribution in [2.45, 2.75) is 13.1 Å². The van der Waals surface area contributed by atoms with Gasteiger partial charge in [-0.2, -0.15) is 0 Å². The fourth-order valence-corrected chi connectivity index (χ4v) is 2.30. The monoisotopic (exact) mass is 244 g/mol. The molecule has 0 saturated carbocycles. The van der Waals surface area contributed by atoms with Gasteiger partial charge in [-0.05, 0) is 12.1 Å². The van der Waals surface area contributed by atoms with E-state index in [1.165, 1.54) is 0 Å². The van der Waals surface area contributed by atoms with Crippen LogP contribution in [0.3, 0.4) is 0 Å². The van der Waals surface area contributed by atoms with Crippen molar-refractivity contribution in [3.63, 3.8) is 0 Å². The molecule has 0 saturated heterocycles. The van der Waals surface area contributed by atoms with Gasteiger partial charge in [0.1, 0.15) is 11.6 Å². The van der Waals surface area contributed by atoms with Gasteiger partial charge in [0.2, 0.25) is 0 Å². The highest BCUT2D eigenvalue weighted by Gasteiger charge is 2.18. The van der Waals surface area contributed by atoms with Gasteiger partial charge in [0.25, 0.3) is 0 Å². The second kappa shape index (κ2) is 4.25. The number of aromatic nitrogens is 2. The Labute approximate surface area is 106 Å². The second-order valence-corrected chi connectivity index (χ2v) is 4.38. The first-order valence-electron chi connectivity index (χ1n) is 5.96. The van der Waals surface area contributed by atoms with Gasteiger partial charge >= 0.3 is 0 Å². The van der Waals surface area contributed by atoms with E-state index in [-0.39, 0.29) is 0 Å². The van der Waals surface area contributed by atoms with Gasteiger partial charge in [0.05, 0.1) is 25.0 Å². The van der Waals surface area contributed by atoms with E-state index in [0.29, 0.717) is 0 Å². The molecule has 5 nitrogen and oxygen atoms in total. The van der Waals surface area contributed by atoms with Gasteiger partial charge in [0, 0.05) is 31.5 Å². The Morgan fingerprint density at radius 2 is 2.22 bits per heavy atom. The Bertz CT molecular complexity index is 564. The van der Waals surface area contributed by atoms with Crippen LogP contribution in [0, 0.1) is 0 Å². The van der Waals surface area contributed by atoms with Crippen LogP contribution >= 0.6 is 0 Å². The number of imidazole rings is 1. The number of methoxy groups -OCH3 is 1. The summed E-state index contributed by atoms with van der Waals surface area (Å²) in [6.07, 6.45) is 3.86. The number of anilines is 2. The van der Waals surface area contributed by atoms with Crippen molar-refractivity contribution in [2.24, 2.45) is 0 Å². The minimum atomic E-state index is 0.774. The molecular formula is C13H16N4O. The first kappa shape index (κ1) is 11.0. The molecule has 0 unspecified atom stereocenters. The molecule has 0 radical (unpaired) electrons. The predicted molar refractivity (Wildman–Crippen MR) is 70.7 cm³/mol. The van der Waals surface area contributed by atoms with Crippen LogP contribution in [0.25, 0.3) is 0 Å². The molecule has 5 heteroatoms. The predicted octanol–water partition coefficient (Wildman–Crippen LogP) is 1.49. The zero-order valence-corrected chi connectivity index (χ0v) is 10.3. The van der Waals surface area contributed by atoms with Crippen molar-refractivity contribution in [1.82, 2.24) is 9.55 Å². The molecule has 94 valence electrons. The molecule has 0 amide bonds. The molecular weight excluding hydrogens is 228 g/mol. The summed E-state index contributed by atoms with van der Waals surface area (Å²) in [5.74, 6) is 1.90. The largest absolute Gasteiger partial charge is 0.497 e. The lowest BCUT2D eigenvalue weighted by Gasteiger charge is -2.30. The van der Waals surface area contributed by atoms with Crippen LogP contribution in [0.1, 0.15) is 5.82 Å². The van der Waals surface area contributed by atoms with Crippen molar-refractivity contribution in [2.75, 3.05) is 24.3 Å². The van der Waals surface area contributed by atoms with Gasteiger partial charge in [0.15, 0.2) is 0 Å². The zero-order chi connectivity index (χ0) is 12.5. The Hall–Kier alpha value is -2.17. The van der Waals surface area contributed by atoms with Gasteiger partial charge < -0.3 is 19.9 Å². The SMILES string of the molecule is COc1ccc(N)c(N2CCn3ccnc3C2)c1. The average Bonchev–Trinajstić information content (AvgIpc) is 2.86. The maximum Gasteiger partial charge on any atom is 0.128 e. The van der Waals surface area contributed by atoms with E-state index >= 15 is 0 Å². The van der Waals surface area contributed by atoms with Crippen molar-refractivity contribution in [1.29, 1.82) is 0 Å². The number of nitrogens with two attached hydrogens (primary N) is 1. The number of hydrogen-bond acceptors (Lipinski definition) is 4. The van der Waals surface area contributed by atoms with Gasteiger partial charge in [-0.15, -0.1) is 0 Å². The minimum absolute atomic E-state index is 0.774. The van der Waals surface area contributed by atoms with E-state index in [1.807, 2.05) is 30.6 Å². The lowest BCUT2D eigenvalue weighted by Crippen LogP contribution is -2.34. The van der Waals surface area contributed by atoms with E-state index < -0.39 is 0 Å². The van der Waals surface area contributed by atoms with Gasteiger partial charge in [-0.1, -0.05) is 0 Å². The van der Waals surface area contributed by atoms with Crippen LogP contribution in [0.2, 0.25) is 0 Å². The molecule has 0 fully saturated rings. The molecule has 0 spiro atoms. The Morgan fingerprint density at radius 1 is 1.33 bits per heavy atom. The number of nitrogens with zero attached hydrogens (tertiary/aromatic N) is 3. The highest BCUT2D eigenvalue weighted by Crippen LogP contribution is 2.30. The first-order chi connectivity index (χ1) is 8.78. The molecule has 0 atom stereocenters. The van der Waals surface area contributed by atoms with E-state index in [0.717, 1.165) is 42.6 Å². The van der Waals surface area contributed by atoms with Crippen molar-refractivity contribution < 1.29 is 4.74 Å². The standard InChI is InChI=1S/C13H16N4O/c1-18-10-2-3-11(14)12(8-10)17-7-6-16-5-4-15-13(16)9-17/h2-5,8H,6-7,9,14H2,1H3. The Kier molecular flexibility index (Phi) is 2.59. The zero-order valence-electron chi connectivity index (χ0n) is 10.3. The van der Waals surface area contributed by atoms with Crippen molar-refractivity contribution >= 4 is 11.4 Å². The maximum atomic E-state index is 6.05. The third-order valence-electron chi connectivity index (χ3n) is 3.32. The second-order valence-electron chi connectivity index (χ2n) is 4.38. The molecule has 1 aliphatic rings. The molecule has 18 heavy (non-hydrogen) atoms. The molecule has 3 rings (SSSR count). The average molecular weight is 244 g/mol. The Balaban J connectivity index is 1.92. The number of benzene rings is 1. The quantitative estimate of drug-likeness (QED) is 0.813. The van der Waals surface area contributed by atoms with Crippen LogP contribution in [0.15, 0.2) is 30.6 Å². The number of hydrogen-bond donors (Lipinski definition) is 1. The lowest BCUT2D eigenvalue weighted by atomic mass is 10.2. The van der Waals surface area contributed by atoms with Crippen LogP contribution in [-0.4, -0.2) is 23.2 Å². The molecule has 2 heterocycles. The molecule has 2 aromatic rings. The molecule has 2 N–H and O–H groups in total. The summed E-state index contributed by atoms with van der Waals surface area (Å²) in [6, 6.07) is 5.74. The van der Waals surface area contributed by atoms with E-state index in [1.54, 1.807) is 7.11 Å². The summed E-state index contributed by atoms with van der Waals surface area (Å²) in [5, 5.41) is 0. The fraction of sp³-hybridized carbons (Fsp3) is 0.308. The van der Waals surface area contributed by atoms with Crippen LogP contribution in [-0.2, 0) is 13.1 Å². The summed E-state index contributed by atoms with van der Waals surface area (Å²) in [5.41, 5.74) is 7.84. The number of nitrogen functional groups attached to an aromatic ring is 1. The van der Waals surface area contributed by atoms with E-state index in [2.05, 4.69) is 14.5 Å². The van der Waals surface area contributed by atoms with Crippen molar-refractivity contribution in [3.8, 4) is 5.75 Å². The summed E-state index contributed by atoms with van der Waals surface area (Å²) in [7, 11) is 1.66. The molecule has 1 aromatic heterocycles. The van der Waals surface area contributed by atoms with E-state index in [9.17, 15) is 0 Å². The highest BCUT2D eigenvalue weighted by molar-refractivity contribution is 5.69. The van der Waals surface area contributed by atoms with E-state index in [4.69, 9.17) is 10.5 Å². The summed E-state index contributed by atoms with van der Waals surface area (Å²) in [4.78, 5) is 6.59. The van der Waals surface area contributed by atoms with Crippen molar-refractivity contribution in [3.05, 3.63) is 36.4 Å². The number of rotatable bonds is 2. The fourth-order valence-electron chi connectivity index (χ4n) is 2.30. The third-order valence-corrected chi connectivity index (χ3v) is 3.32. The summed E-state index contributed by atoms with van der Waals surface area (Å²) >= 11 is 0. The van der Waals surface area contributed by atoms with Gasteiger partial charge in [-0.3, -0.25) is 0 Å². The smallest absolute Gasteiger partial charge is 0.128 e. The van der Waals surface area contributed by atoms with Gasteiger partial charge in [-0.25, -0.2) is 4.98 Å². The first-order valence-corrected chi connectivity index (χ1v) is 5.96. The maximum absolute atomic E-state index is 6.05. The lowest BCUT2D eigenvalue weighted by molar-refractivity contribution is 0.414. The molecule has 0 bridgehead atoms. The third kappa shape index (κ3) is 1.77. The molecule has 0 aliphatic carbocycles. The van der Waals surface area contributed by atoms with Crippen LogP contribution in [0.5, 0.6) is 5.75 Å².